The minimum Gasteiger partial charge on any atom is -0.409 e. The second-order valence-corrected chi connectivity index (χ2v) is 7.02. The van der Waals surface area contributed by atoms with E-state index in [9.17, 15) is 9.59 Å². The number of piperazine rings is 1. The summed E-state index contributed by atoms with van der Waals surface area (Å²) >= 11 is 12.0. The average Bonchev–Trinajstić information content (AvgIpc) is 3.11. The lowest BCUT2D eigenvalue weighted by atomic mass is 10.3. The largest absolute Gasteiger partial charge is 0.415 e. The molecule has 3 aromatic rings. The highest BCUT2D eigenvalue weighted by Crippen LogP contribution is 2.26. The fourth-order valence-electron chi connectivity index (χ4n) is 2.92. The second kappa shape index (κ2) is 7.65. The van der Waals surface area contributed by atoms with Gasteiger partial charge in [0.2, 0.25) is 0 Å². The second-order valence-electron chi connectivity index (χ2n) is 6.20. The molecular formula is C18H15Cl2N5O3. The smallest absolute Gasteiger partial charge is 0.409 e. The molecule has 0 saturated carbocycles. The first-order valence-corrected chi connectivity index (χ1v) is 9.27. The van der Waals surface area contributed by atoms with Gasteiger partial charge in [0.05, 0.1) is 27.3 Å². The van der Waals surface area contributed by atoms with Crippen molar-refractivity contribution in [3.05, 3.63) is 52.5 Å². The summed E-state index contributed by atoms with van der Waals surface area (Å²) in [4.78, 5) is 39.3. The number of amides is 2. The van der Waals surface area contributed by atoms with Crippen molar-refractivity contribution in [1.29, 1.82) is 0 Å². The molecule has 0 atom stereocenters. The summed E-state index contributed by atoms with van der Waals surface area (Å²) in [6, 6.07) is 6.59. The molecular weight excluding hydrogens is 405 g/mol. The topological polar surface area (TPSA) is 91.4 Å². The lowest BCUT2D eigenvalue weighted by molar-refractivity contribution is 0.0623. The van der Waals surface area contributed by atoms with Gasteiger partial charge in [0.15, 0.2) is 11.6 Å². The number of fused-ring (bicyclic) bond motifs is 1. The van der Waals surface area contributed by atoms with Crippen molar-refractivity contribution in [2.45, 2.75) is 0 Å². The van der Waals surface area contributed by atoms with E-state index >= 15 is 0 Å². The molecule has 1 N–H and O–H groups in total. The van der Waals surface area contributed by atoms with Crippen LogP contribution in [-0.2, 0) is 0 Å². The van der Waals surface area contributed by atoms with Crippen molar-refractivity contribution in [3.8, 4) is 5.75 Å². The van der Waals surface area contributed by atoms with E-state index in [1.165, 1.54) is 6.20 Å². The van der Waals surface area contributed by atoms with E-state index in [1.807, 2.05) is 0 Å². The average molecular weight is 420 g/mol. The highest BCUT2D eigenvalue weighted by Gasteiger charge is 2.27. The zero-order chi connectivity index (χ0) is 19.7. The highest BCUT2D eigenvalue weighted by molar-refractivity contribution is 6.42. The lowest BCUT2D eigenvalue weighted by Gasteiger charge is -2.33. The van der Waals surface area contributed by atoms with Crippen LogP contribution in [0.15, 0.2) is 36.7 Å². The zero-order valence-corrected chi connectivity index (χ0v) is 16.1. The number of aromatic amines is 1. The van der Waals surface area contributed by atoms with Gasteiger partial charge in [-0.25, -0.2) is 9.78 Å². The van der Waals surface area contributed by atoms with Gasteiger partial charge in [-0.1, -0.05) is 23.2 Å². The first-order chi connectivity index (χ1) is 13.5. The van der Waals surface area contributed by atoms with Crippen molar-refractivity contribution < 1.29 is 14.3 Å². The van der Waals surface area contributed by atoms with Crippen LogP contribution < -0.4 is 4.74 Å². The molecule has 1 aliphatic heterocycles. The number of H-pyrrole nitrogens is 1. The van der Waals surface area contributed by atoms with E-state index in [1.54, 1.807) is 40.3 Å². The van der Waals surface area contributed by atoms with Crippen molar-refractivity contribution in [2.24, 2.45) is 0 Å². The monoisotopic (exact) mass is 419 g/mol. The maximum absolute atomic E-state index is 12.7. The van der Waals surface area contributed by atoms with Gasteiger partial charge in [-0.3, -0.25) is 9.78 Å². The number of rotatable bonds is 2. The van der Waals surface area contributed by atoms with Gasteiger partial charge in [-0.2, -0.15) is 0 Å². The number of hydrogen-bond acceptors (Lipinski definition) is 5. The Bertz CT molecular complexity index is 993. The molecule has 1 fully saturated rings. The van der Waals surface area contributed by atoms with Crippen LogP contribution in [0.5, 0.6) is 5.75 Å². The normalized spacial score (nSPS) is 14.4. The van der Waals surface area contributed by atoms with Crippen LogP contribution in [0.1, 0.15) is 10.6 Å². The van der Waals surface area contributed by atoms with Gasteiger partial charge in [0, 0.05) is 32.4 Å². The number of hydrogen-bond donors (Lipinski definition) is 1. The Hall–Kier alpha value is -2.84. The van der Waals surface area contributed by atoms with Crippen LogP contribution >= 0.6 is 23.2 Å². The van der Waals surface area contributed by atoms with E-state index in [0.717, 1.165) is 0 Å². The summed E-state index contributed by atoms with van der Waals surface area (Å²) in [5.41, 5.74) is 1.20. The molecule has 28 heavy (non-hydrogen) atoms. The first-order valence-electron chi connectivity index (χ1n) is 8.52. The summed E-state index contributed by atoms with van der Waals surface area (Å²) < 4.78 is 5.27. The summed E-state index contributed by atoms with van der Waals surface area (Å²) in [6.45, 7) is 1.48. The summed E-state index contributed by atoms with van der Waals surface area (Å²) in [5.74, 6) is 0.342. The number of ether oxygens (including phenoxy) is 1. The number of nitrogens with zero attached hydrogens (tertiary/aromatic N) is 4. The lowest BCUT2D eigenvalue weighted by Crippen LogP contribution is -2.51. The molecule has 3 heterocycles. The Labute approximate surface area is 170 Å². The molecule has 0 unspecified atom stereocenters. The number of pyridine rings is 1. The SMILES string of the molecule is O=C(Oc1cccnc1)N1CCN(C(=O)c2nc3cc(Cl)c(Cl)cc3[nH]2)CC1. The van der Waals surface area contributed by atoms with Gasteiger partial charge in [0.25, 0.3) is 5.91 Å². The molecule has 1 saturated heterocycles. The van der Waals surface area contributed by atoms with Gasteiger partial charge in [-0.15, -0.1) is 0 Å². The molecule has 8 nitrogen and oxygen atoms in total. The molecule has 0 aliphatic carbocycles. The molecule has 4 rings (SSSR count). The molecule has 10 heteroatoms. The van der Waals surface area contributed by atoms with Crippen molar-refractivity contribution >= 4 is 46.2 Å². The van der Waals surface area contributed by atoms with Crippen LogP contribution in [0.2, 0.25) is 10.0 Å². The van der Waals surface area contributed by atoms with Crippen LogP contribution in [0.25, 0.3) is 11.0 Å². The number of benzene rings is 1. The highest BCUT2D eigenvalue weighted by atomic mass is 35.5. The van der Waals surface area contributed by atoms with Gasteiger partial charge in [-0.05, 0) is 24.3 Å². The van der Waals surface area contributed by atoms with Crippen LogP contribution in [0.3, 0.4) is 0 Å². The molecule has 144 valence electrons. The summed E-state index contributed by atoms with van der Waals surface area (Å²) in [7, 11) is 0. The number of imidazole rings is 1. The molecule has 0 radical (unpaired) electrons. The Morgan fingerprint density at radius 3 is 2.50 bits per heavy atom. The molecule has 1 aliphatic rings. The third-order valence-electron chi connectivity index (χ3n) is 4.39. The number of aromatic nitrogens is 3. The van der Waals surface area contributed by atoms with Gasteiger partial charge < -0.3 is 19.5 Å². The standard InChI is InChI=1S/C18H15Cl2N5O3/c19-12-8-14-15(9-13(12)20)23-16(22-14)17(26)24-4-6-25(7-5-24)18(27)28-11-2-1-3-21-10-11/h1-3,8-10H,4-7H2,(H,22,23). The zero-order valence-electron chi connectivity index (χ0n) is 14.6. The maximum atomic E-state index is 12.7. The van der Waals surface area contributed by atoms with E-state index in [2.05, 4.69) is 15.0 Å². The number of carbonyl (C=O) groups excluding carboxylic acids is 2. The fraction of sp³-hybridized carbons (Fsp3) is 0.222. The van der Waals surface area contributed by atoms with E-state index in [4.69, 9.17) is 27.9 Å². The van der Waals surface area contributed by atoms with E-state index < -0.39 is 6.09 Å². The molecule has 0 bridgehead atoms. The van der Waals surface area contributed by atoms with Gasteiger partial charge in [0.1, 0.15) is 0 Å². The molecule has 2 aromatic heterocycles. The van der Waals surface area contributed by atoms with Crippen molar-refractivity contribution in [1.82, 2.24) is 24.8 Å². The van der Waals surface area contributed by atoms with E-state index in [0.29, 0.717) is 53.0 Å². The summed E-state index contributed by atoms with van der Waals surface area (Å²) in [6.07, 6.45) is 2.60. The third kappa shape index (κ3) is 3.74. The number of carbonyl (C=O) groups is 2. The third-order valence-corrected chi connectivity index (χ3v) is 5.11. The van der Waals surface area contributed by atoms with Crippen LogP contribution in [0, 0.1) is 0 Å². The maximum Gasteiger partial charge on any atom is 0.415 e. The number of nitrogens with one attached hydrogen (secondary N) is 1. The Morgan fingerprint density at radius 1 is 1.07 bits per heavy atom. The fourth-order valence-corrected chi connectivity index (χ4v) is 3.24. The predicted molar refractivity (Wildman–Crippen MR) is 104 cm³/mol. The first kappa shape index (κ1) is 18.5. The Kier molecular flexibility index (Phi) is 5.06. The number of halogens is 2. The summed E-state index contributed by atoms with van der Waals surface area (Å²) in [5, 5.41) is 0.762. The molecule has 1 aromatic carbocycles. The Balaban J connectivity index is 1.39. The van der Waals surface area contributed by atoms with E-state index in [-0.39, 0.29) is 11.7 Å². The Morgan fingerprint density at radius 2 is 1.79 bits per heavy atom. The van der Waals surface area contributed by atoms with Crippen molar-refractivity contribution in [3.63, 3.8) is 0 Å². The van der Waals surface area contributed by atoms with Crippen molar-refractivity contribution in [2.75, 3.05) is 26.2 Å². The van der Waals surface area contributed by atoms with Crippen LogP contribution in [-0.4, -0.2) is 62.9 Å². The molecule has 2 amide bonds. The quantitative estimate of drug-likeness (QED) is 0.688. The predicted octanol–water partition coefficient (Wildman–Crippen LogP) is 3.22. The minimum atomic E-state index is -0.465. The minimum absolute atomic E-state index is 0.208. The van der Waals surface area contributed by atoms with Gasteiger partial charge >= 0.3 is 6.09 Å². The van der Waals surface area contributed by atoms with Crippen LogP contribution in [0.4, 0.5) is 4.79 Å². The molecule has 0 spiro atoms.